The molecule has 3 aromatic rings. The fourth-order valence-electron chi connectivity index (χ4n) is 3.16. The molecule has 0 bridgehead atoms. The Balaban J connectivity index is 1.67. The predicted octanol–water partition coefficient (Wildman–Crippen LogP) is 5.44. The number of sulfone groups is 1. The van der Waals surface area contributed by atoms with Crippen molar-refractivity contribution in [2.45, 2.75) is 21.8 Å². The van der Waals surface area contributed by atoms with Crippen LogP contribution in [0.25, 0.3) is 0 Å². The number of rotatable bonds is 7. The van der Waals surface area contributed by atoms with E-state index >= 15 is 0 Å². The standard InChI is InChI=1S/C23H20F4N2O4S2/c1-29(16-7-9-17(10-8-16)34-23(25,26)27)13-14-3-5-15(6-4-14)22(31)28-19-12-21(35(2,32)33)20(30)11-18(19)24/h3-12,30H,13H2,1-2H3,(H,28,31). The number of benzene rings is 3. The van der Waals surface area contributed by atoms with Gasteiger partial charge in [-0.1, -0.05) is 12.1 Å². The van der Waals surface area contributed by atoms with E-state index in [0.29, 0.717) is 18.3 Å². The highest BCUT2D eigenvalue weighted by Gasteiger charge is 2.29. The van der Waals surface area contributed by atoms with Crippen molar-refractivity contribution in [1.82, 2.24) is 0 Å². The molecule has 0 unspecified atom stereocenters. The van der Waals surface area contributed by atoms with E-state index in [2.05, 4.69) is 5.32 Å². The van der Waals surface area contributed by atoms with Crippen molar-refractivity contribution in [3.05, 3.63) is 77.6 Å². The van der Waals surface area contributed by atoms with Crippen molar-refractivity contribution in [2.75, 3.05) is 23.5 Å². The second-order valence-electron chi connectivity index (χ2n) is 7.62. The molecule has 0 atom stereocenters. The van der Waals surface area contributed by atoms with E-state index in [4.69, 9.17) is 0 Å². The second kappa shape index (κ2) is 10.2. The number of halogens is 4. The molecule has 0 fully saturated rings. The van der Waals surface area contributed by atoms with Crippen LogP contribution in [0.2, 0.25) is 0 Å². The first-order chi connectivity index (χ1) is 16.2. The summed E-state index contributed by atoms with van der Waals surface area (Å²) in [6.07, 6.45) is 0.844. The number of alkyl halides is 3. The molecule has 2 N–H and O–H groups in total. The molecule has 12 heteroatoms. The highest BCUT2D eigenvalue weighted by atomic mass is 32.2. The number of carbonyl (C=O) groups is 1. The molecule has 3 rings (SSSR count). The molecule has 0 aliphatic carbocycles. The van der Waals surface area contributed by atoms with Crippen LogP contribution < -0.4 is 10.2 Å². The summed E-state index contributed by atoms with van der Waals surface area (Å²) in [7, 11) is -2.08. The molecule has 0 radical (unpaired) electrons. The predicted molar refractivity (Wildman–Crippen MR) is 126 cm³/mol. The maximum atomic E-state index is 14.1. The third-order valence-electron chi connectivity index (χ3n) is 4.84. The Hall–Kier alpha value is -3.25. The maximum absolute atomic E-state index is 14.1. The molecule has 0 aliphatic rings. The molecule has 0 saturated carbocycles. The van der Waals surface area contributed by atoms with E-state index in [0.717, 1.165) is 17.9 Å². The smallest absolute Gasteiger partial charge is 0.446 e. The number of nitrogens with one attached hydrogen (secondary N) is 1. The average Bonchev–Trinajstić information content (AvgIpc) is 2.74. The van der Waals surface area contributed by atoms with Crippen molar-refractivity contribution in [3.8, 4) is 5.75 Å². The third-order valence-corrected chi connectivity index (χ3v) is 6.71. The molecule has 0 aromatic heterocycles. The van der Waals surface area contributed by atoms with Gasteiger partial charge in [-0.3, -0.25) is 4.79 Å². The van der Waals surface area contributed by atoms with Crippen LogP contribution in [0.1, 0.15) is 15.9 Å². The summed E-state index contributed by atoms with van der Waals surface area (Å²) in [5.74, 6) is -2.45. The minimum atomic E-state index is -4.36. The van der Waals surface area contributed by atoms with Crippen LogP contribution in [0.4, 0.5) is 28.9 Å². The number of carbonyl (C=O) groups excluding carboxylic acids is 1. The van der Waals surface area contributed by atoms with Gasteiger partial charge in [0.05, 0.1) is 5.69 Å². The van der Waals surface area contributed by atoms with E-state index < -0.39 is 43.4 Å². The lowest BCUT2D eigenvalue weighted by atomic mass is 10.1. The molecule has 35 heavy (non-hydrogen) atoms. The van der Waals surface area contributed by atoms with Crippen LogP contribution in [-0.4, -0.2) is 38.2 Å². The highest BCUT2D eigenvalue weighted by molar-refractivity contribution is 8.00. The Morgan fingerprint density at radius 3 is 2.20 bits per heavy atom. The number of phenols is 1. The number of hydrogen-bond acceptors (Lipinski definition) is 6. The molecule has 6 nitrogen and oxygen atoms in total. The number of thioether (sulfide) groups is 1. The lowest BCUT2D eigenvalue weighted by Gasteiger charge is -2.20. The van der Waals surface area contributed by atoms with E-state index in [1.165, 1.54) is 24.3 Å². The zero-order valence-electron chi connectivity index (χ0n) is 18.4. The number of nitrogens with zero attached hydrogens (tertiary/aromatic N) is 1. The van der Waals surface area contributed by atoms with Gasteiger partial charge >= 0.3 is 5.51 Å². The topological polar surface area (TPSA) is 86.7 Å². The number of amides is 1. The molecule has 0 saturated heterocycles. The lowest BCUT2D eigenvalue weighted by Crippen LogP contribution is -2.17. The van der Waals surface area contributed by atoms with Gasteiger partial charge in [-0.2, -0.15) is 13.2 Å². The van der Waals surface area contributed by atoms with Crippen molar-refractivity contribution in [1.29, 1.82) is 0 Å². The number of hydrogen-bond donors (Lipinski definition) is 2. The molecular weight excluding hydrogens is 508 g/mol. The van der Waals surface area contributed by atoms with Crippen LogP contribution >= 0.6 is 11.8 Å². The van der Waals surface area contributed by atoms with Crippen molar-refractivity contribution in [2.24, 2.45) is 0 Å². The van der Waals surface area contributed by atoms with Gasteiger partial charge in [-0.05, 0) is 59.8 Å². The van der Waals surface area contributed by atoms with Crippen molar-refractivity contribution < 1.29 is 35.9 Å². The number of phenolic OH excluding ortho intramolecular Hbond substituents is 1. The van der Waals surface area contributed by atoms with Gasteiger partial charge in [0.15, 0.2) is 9.84 Å². The van der Waals surface area contributed by atoms with Crippen LogP contribution in [0.15, 0.2) is 70.5 Å². The number of anilines is 2. The SMILES string of the molecule is CN(Cc1ccc(C(=O)Nc2cc(S(C)(=O)=O)c(O)cc2F)cc1)c1ccc(SC(F)(F)F)cc1. The lowest BCUT2D eigenvalue weighted by molar-refractivity contribution is -0.0328. The summed E-state index contributed by atoms with van der Waals surface area (Å²) in [5.41, 5.74) is -3.08. The normalized spacial score (nSPS) is 11.8. The minimum absolute atomic E-state index is 0.0822. The van der Waals surface area contributed by atoms with E-state index in [1.807, 2.05) is 4.90 Å². The van der Waals surface area contributed by atoms with E-state index in [1.54, 1.807) is 31.3 Å². The van der Waals surface area contributed by atoms with Crippen molar-refractivity contribution in [3.63, 3.8) is 0 Å². The summed E-state index contributed by atoms with van der Waals surface area (Å²) >= 11 is -0.189. The molecule has 3 aromatic carbocycles. The van der Waals surface area contributed by atoms with Gasteiger partial charge in [0.2, 0.25) is 0 Å². The van der Waals surface area contributed by atoms with Crippen LogP contribution in [0, 0.1) is 5.82 Å². The van der Waals surface area contributed by atoms with Gasteiger partial charge in [0.1, 0.15) is 16.5 Å². The van der Waals surface area contributed by atoms with Gasteiger partial charge in [-0.25, -0.2) is 12.8 Å². The molecular formula is C23H20F4N2O4S2. The van der Waals surface area contributed by atoms with E-state index in [-0.39, 0.29) is 22.2 Å². The molecule has 186 valence electrons. The Morgan fingerprint density at radius 1 is 1.06 bits per heavy atom. The molecule has 0 aliphatic heterocycles. The fraction of sp³-hybridized carbons (Fsp3) is 0.174. The Bertz CT molecular complexity index is 1330. The summed E-state index contributed by atoms with van der Waals surface area (Å²) in [6, 6.07) is 13.7. The Kier molecular flexibility index (Phi) is 7.65. The second-order valence-corrected chi connectivity index (χ2v) is 10.7. The molecule has 0 heterocycles. The van der Waals surface area contributed by atoms with Crippen LogP contribution in [0.5, 0.6) is 5.75 Å². The van der Waals surface area contributed by atoms with Gasteiger partial charge < -0.3 is 15.3 Å². The van der Waals surface area contributed by atoms with Crippen molar-refractivity contribution >= 4 is 38.9 Å². The molecule has 0 spiro atoms. The van der Waals surface area contributed by atoms with Crippen LogP contribution in [0.3, 0.4) is 0 Å². The maximum Gasteiger partial charge on any atom is 0.446 e. The average molecular weight is 529 g/mol. The minimum Gasteiger partial charge on any atom is -0.506 e. The largest absolute Gasteiger partial charge is 0.506 e. The first-order valence-electron chi connectivity index (χ1n) is 9.93. The van der Waals surface area contributed by atoms with Gasteiger partial charge in [0, 0.05) is 42.1 Å². The van der Waals surface area contributed by atoms with Gasteiger partial charge in [-0.15, -0.1) is 0 Å². The first kappa shape index (κ1) is 26.4. The quantitative estimate of drug-likeness (QED) is 0.184. The molecule has 1 amide bonds. The monoisotopic (exact) mass is 528 g/mol. The Labute approximate surface area is 203 Å². The van der Waals surface area contributed by atoms with E-state index in [9.17, 15) is 35.9 Å². The summed E-state index contributed by atoms with van der Waals surface area (Å²) in [6.45, 7) is 0.401. The van der Waals surface area contributed by atoms with Gasteiger partial charge in [0.25, 0.3) is 5.91 Å². The first-order valence-corrected chi connectivity index (χ1v) is 12.6. The summed E-state index contributed by atoms with van der Waals surface area (Å²) in [4.78, 5) is 13.9. The number of aromatic hydroxyl groups is 1. The summed E-state index contributed by atoms with van der Waals surface area (Å²) in [5, 5.41) is 12.0. The fourth-order valence-corrected chi connectivity index (χ4v) is 4.47. The zero-order valence-corrected chi connectivity index (χ0v) is 20.1. The van der Waals surface area contributed by atoms with Crippen LogP contribution in [-0.2, 0) is 16.4 Å². The third kappa shape index (κ3) is 7.12. The zero-order chi connectivity index (χ0) is 26.0. The highest BCUT2D eigenvalue weighted by Crippen LogP contribution is 2.37. The summed E-state index contributed by atoms with van der Waals surface area (Å²) < 4.78 is 75.0. The Morgan fingerprint density at radius 2 is 1.66 bits per heavy atom.